The molecule has 1 saturated heterocycles. The van der Waals surface area contributed by atoms with Crippen LogP contribution in [0.15, 0.2) is 60.7 Å². The van der Waals surface area contributed by atoms with Crippen molar-refractivity contribution in [3.05, 3.63) is 87.4 Å². The van der Waals surface area contributed by atoms with Crippen molar-refractivity contribution in [1.29, 1.82) is 0 Å². The van der Waals surface area contributed by atoms with Crippen molar-refractivity contribution in [1.82, 2.24) is 4.90 Å². The number of esters is 1. The van der Waals surface area contributed by atoms with Crippen molar-refractivity contribution in [3.63, 3.8) is 0 Å². The molecule has 3 aromatic carbocycles. The molecule has 1 unspecified atom stereocenters. The molecule has 1 heterocycles. The summed E-state index contributed by atoms with van der Waals surface area (Å²) in [5.74, 6) is -2.04. The third-order valence-corrected chi connectivity index (χ3v) is 7.78. The van der Waals surface area contributed by atoms with Gasteiger partial charge in [0, 0.05) is 22.2 Å². The third kappa shape index (κ3) is 8.89. The summed E-state index contributed by atoms with van der Waals surface area (Å²) in [5.41, 5.74) is 1.50. The molecule has 3 aromatic rings. The number of aryl methyl sites for hydroxylation is 1. The van der Waals surface area contributed by atoms with Gasteiger partial charge in [0.15, 0.2) is 18.1 Å². The Balaban J connectivity index is 1.58. The van der Waals surface area contributed by atoms with Gasteiger partial charge in [0.05, 0.1) is 14.2 Å². The Hall–Kier alpha value is -4.28. The predicted molar refractivity (Wildman–Crippen MR) is 166 cm³/mol. The van der Waals surface area contributed by atoms with Crippen LogP contribution in [0.1, 0.15) is 53.3 Å². The lowest BCUT2D eigenvalue weighted by molar-refractivity contribution is -0.161. The van der Waals surface area contributed by atoms with Crippen LogP contribution < -0.4 is 14.2 Å². The Morgan fingerprint density at radius 3 is 2.36 bits per heavy atom. The Labute approximate surface area is 270 Å². The molecular weight excluding hydrogens is 625 g/mol. The summed E-state index contributed by atoms with van der Waals surface area (Å²) >= 11 is 12.1. The second-order valence-electron chi connectivity index (χ2n) is 10.4. The van der Waals surface area contributed by atoms with Crippen molar-refractivity contribution in [3.8, 4) is 17.2 Å². The molecule has 12 heteroatoms. The highest BCUT2D eigenvalue weighted by molar-refractivity contribution is 6.44. The number of carboxylic acid groups (broad SMARTS) is 1. The van der Waals surface area contributed by atoms with Crippen LogP contribution in [0.25, 0.3) is 0 Å². The van der Waals surface area contributed by atoms with Gasteiger partial charge in [-0.3, -0.25) is 9.59 Å². The number of amides is 1. The zero-order valence-corrected chi connectivity index (χ0v) is 26.3. The molecule has 1 amide bonds. The molecule has 238 valence electrons. The largest absolute Gasteiger partial charge is 0.493 e. The number of hydrogen-bond acceptors (Lipinski definition) is 8. The molecule has 10 nitrogen and oxygen atoms in total. The maximum absolute atomic E-state index is 13.7. The molecule has 1 fully saturated rings. The van der Waals surface area contributed by atoms with E-state index in [1.807, 2.05) is 12.1 Å². The Morgan fingerprint density at radius 2 is 1.67 bits per heavy atom. The molecule has 1 N–H and O–H groups in total. The molecule has 45 heavy (non-hydrogen) atoms. The fourth-order valence-electron chi connectivity index (χ4n) is 5.15. The topological polar surface area (TPSA) is 129 Å². The first-order chi connectivity index (χ1) is 21.6. The number of carbonyl (C=O) groups excluding carboxylic acids is 3. The van der Waals surface area contributed by atoms with Gasteiger partial charge in [0.1, 0.15) is 17.9 Å². The first-order valence-electron chi connectivity index (χ1n) is 14.3. The Morgan fingerprint density at radius 1 is 0.933 bits per heavy atom. The van der Waals surface area contributed by atoms with E-state index in [-0.39, 0.29) is 22.2 Å². The van der Waals surface area contributed by atoms with Crippen LogP contribution in [0.2, 0.25) is 10.0 Å². The van der Waals surface area contributed by atoms with Gasteiger partial charge in [0.25, 0.3) is 11.7 Å². The van der Waals surface area contributed by atoms with E-state index in [9.17, 15) is 19.2 Å². The first kappa shape index (κ1) is 33.6. The average molecular weight is 659 g/mol. The van der Waals surface area contributed by atoms with E-state index in [1.54, 1.807) is 37.4 Å². The van der Waals surface area contributed by atoms with Crippen LogP contribution in [-0.4, -0.2) is 67.0 Å². The highest BCUT2D eigenvalue weighted by atomic mass is 35.5. The number of hydrogen-bond donors (Lipinski definition) is 1. The average Bonchev–Trinajstić information content (AvgIpc) is 3.04. The van der Waals surface area contributed by atoms with Gasteiger partial charge in [-0.05, 0) is 85.7 Å². The number of nitrogens with zero attached hydrogens (tertiary/aromatic N) is 1. The fourth-order valence-corrected chi connectivity index (χ4v) is 5.68. The number of aliphatic carboxylic acids is 1. The number of ketones is 1. The number of rotatable bonds is 13. The second kappa shape index (κ2) is 15.6. The molecular formula is C33H33Cl2NO9. The molecule has 0 radical (unpaired) electrons. The van der Waals surface area contributed by atoms with Gasteiger partial charge < -0.3 is 29.0 Å². The summed E-state index contributed by atoms with van der Waals surface area (Å²) in [6.45, 7) is -0.335. The summed E-state index contributed by atoms with van der Waals surface area (Å²) < 4.78 is 22.2. The molecule has 4 rings (SSSR count). The summed E-state index contributed by atoms with van der Waals surface area (Å²) in [6.07, 6.45) is 1.61. The predicted octanol–water partition coefficient (Wildman–Crippen LogP) is 5.96. The molecule has 0 spiro atoms. The number of Topliss-reactive ketones (excluding diaryl/α,β-unsaturated/α-hetero) is 1. The summed E-state index contributed by atoms with van der Waals surface area (Å²) in [5, 5.41) is 9.45. The van der Waals surface area contributed by atoms with Crippen LogP contribution in [0, 0.1) is 0 Å². The van der Waals surface area contributed by atoms with Crippen molar-refractivity contribution < 1.29 is 43.2 Å². The number of halogens is 2. The van der Waals surface area contributed by atoms with E-state index in [2.05, 4.69) is 0 Å². The molecule has 0 aliphatic carbocycles. The lowest BCUT2D eigenvalue weighted by Crippen LogP contribution is -2.51. The van der Waals surface area contributed by atoms with Crippen molar-refractivity contribution in [2.45, 2.75) is 44.2 Å². The molecule has 0 saturated carbocycles. The molecule has 1 aliphatic rings. The summed E-state index contributed by atoms with van der Waals surface area (Å²) in [7, 11) is 3.08. The smallest absolute Gasteiger partial charge is 0.341 e. The van der Waals surface area contributed by atoms with Crippen molar-refractivity contribution >= 4 is 46.8 Å². The van der Waals surface area contributed by atoms with Gasteiger partial charge >= 0.3 is 11.9 Å². The minimum Gasteiger partial charge on any atom is -0.493 e. The summed E-state index contributed by atoms with van der Waals surface area (Å²) in [4.78, 5) is 52.6. The Bertz CT molecular complexity index is 1540. The zero-order valence-electron chi connectivity index (χ0n) is 24.8. The monoisotopic (exact) mass is 657 g/mol. The number of ether oxygens (including phenoxy) is 4. The minimum atomic E-state index is -1.13. The third-order valence-electron chi connectivity index (χ3n) is 7.35. The maximum Gasteiger partial charge on any atom is 0.341 e. The standard InChI is InChI=1S/C33H33Cl2NO9/c1-42-28-12-10-20(14-29(28)43-2)9-11-27(21-6-5-7-25(17-21)44-19-30(37)38)45-33(41)26-8-3-4-13-36(26)32(40)31(39)22-15-23(34)18-24(35)16-22/h5-7,10,12,14-18,26-27H,3-4,8-9,11,13,19H2,1-2H3,(H,37,38)/t26?,27-/m1/s1. The van der Waals surface area contributed by atoms with Gasteiger partial charge in [-0.2, -0.15) is 0 Å². The zero-order chi connectivity index (χ0) is 32.5. The van der Waals surface area contributed by atoms with E-state index >= 15 is 0 Å². The van der Waals surface area contributed by atoms with E-state index in [0.29, 0.717) is 54.9 Å². The molecule has 0 bridgehead atoms. The molecule has 2 atom stereocenters. The molecule has 0 aromatic heterocycles. The van der Waals surface area contributed by atoms with Crippen LogP contribution in [-0.2, 0) is 25.5 Å². The number of carboxylic acids is 1. The number of benzene rings is 3. The lowest BCUT2D eigenvalue weighted by Gasteiger charge is -2.34. The van der Waals surface area contributed by atoms with Crippen molar-refractivity contribution in [2.24, 2.45) is 0 Å². The van der Waals surface area contributed by atoms with Gasteiger partial charge in [-0.25, -0.2) is 9.59 Å². The van der Waals surface area contributed by atoms with E-state index < -0.39 is 42.4 Å². The van der Waals surface area contributed by atoms with Crippen LogP contribution >= 0.6 is 23.2 Å². The highest BCUT2D eigenvalue weighted by Crippen LogP contribution is 2.32. The Kier molecular flexibility index (Phi) is 11.7. The van der Waals surface area contributed by atoms with E-state index in [4.69, 9.17) is 47.3 Å². The fraction of sp³-hybridized carbons (Fsp3) is 0.333. The first-order valence-corrected chi connectivity index (χ1v) is 15.0. The van der Waals surface area contributed by atoms with Gasteiger partial charge in [-0.15, -0.1) is 0 Å². The highest BCUT2D eigenvalue weighted by Gasteiger charge is 2.37. The van der Waals surface area contributed by atoms with Crippen LogP contribution in [0.4, 0.5) is 0 Å². The number of likely N-dealkylation sites (tertiary alicyclic amines) is 1. The SMILES string of the molecule is COc1ccc(CC[C@@H](OC(=O)C2CCCCN2C(=O)C(=O)c2cc(Cl)cc(Cl)c2)c2cccc(OCC(=O)O)c2)cc1OC. The van der Waals surface area contributed by atoms with Gasteiger partial charge in [0.2, 0.25) is 0 Å². The van der Waals surface area contributed by atoms with E-state index in [0.717, 1.165) is 5.56 Å². The minimum absolute atomic E-state index is 0.0289. The number of carbonyl (C=O) groups is 4. The van der Waals surface area contributed by atoms with Gasteiger partial charge in [-0.1, -0.05) is 41.4 Å². The van der Waals surface area contributed by atoms with E-state index in [1.165, 1.54) is 30.2 Å². The summed E-state index contributed by atoms with van der Waals surface area (Å²) in [6, 6.07) is 15.3. The number of piperidine rings is 1. The van der Waals surface area contributed by atoms with Crippen molar-refractivity contribution in [2.75, 3.05) is 27.4 Å². The van der Waals surface area contributed by atoms with Crippen LogP contribution in [0.3, 0.4) is 0 Å². The molecule has 1 aliphatic heterocycles. The second-order valence-corrected chi connectivity index (χ2v) is 11.3. The van der Waals surface area contributed by atoms with Crippen LogP contribution in [0.5, 0.6) is 17.2 Å². The maximum atomic E-state index is 13.7. The lowest BCUT2D eigenvalue weighted by atomic mass is 9.98. The quantitative estimate of drug-likeness (QED) is 0.135. The number of methoxy groups -OCH3 is 2. The normalized spacial score (nSPS) is 15.1.